The molecule has 1 aliphatic heterocycles. The molecule has 1 aliphatic rings. The molecule has 5 heteroatoms. The zero-order valence-corrected chi connectivity index (χ0v) is 21.9. The number of anilines is 1. The van der Waals surface area contributed by atoms with Crippen LogP contribution in [0.1, 0.15) is 27.8 Å². The topological polar surface area (TPSA) is 41.9 Å². The van der Waals surface area contributed by atoms with E-state index >= 15 is 0 Å². The molecule has 0 bridgehead atoms. The first-order chi connectivity index (χ1) is 17.4. The third-order valence-electron chi connectivity index (χ3n) is 6.42. The van der Waals surface area contributed by atoms with E-state index in [1.165, 1.54) is 11.8 Å². The summed E-state index contributed by atoms with van der Waals surface area (Å²) in [5.74, 6) is 0.741. The summed E-state index contributed by atoms with van der Waals surface area (Å²) in [5.41, 5.74) is 7.03. The Morgan fingerprint density at radius 3 is 2.28 bits per heavy atom. The first kappa shape index (κ1) is 23.9. The van der Waals surface area contributed by atoms with Gasteiger partial charge in [0.2, 0.25) is 0 Å². The Labute approximate surface area is 216 Å². The molecule has 0 saturated carbocycles. The van der Waals surface area contributed by atoms with Crippen LogP contribution in [0, 0.1) is 27.7 Å². The van der Waals surface area contributed by atoms with Crippen molar-refractivity contribution >= 4 is 51.1 Å². The van der Waals surface area contributed by atoms with Gasteiger partial charge in [-0.05, 0) is 96.9 Å². The second-order valence-electron chi connectivity index (χ2n) is 9.13. The average molecular weight is 493 g/mol. The summed E-state index contributed by atoms with van der Waals surface area (Å²) in [6.07, 6.45) is 1.97. The minimum Gasteiger partial charge on any atom is -0.496 e. The van der Waals surface area contributed by atoms with Crippen LogP contribution in [0.25, 0.3) is 16.8 Å². The van der Waals surface area contributed by atoms with E-state index in [2.05, 4.69) is 49.4 Å². The second-order valence-corrected chi connectivity index (χ2v) is 10.1. The average Bonchev–Trinajstić information content (AvgIpc) is 3.17. The Balaban J connectivity index is 1.67. The number of nitrogens with zero attached hydrogens (tertiary/aromatic N) is 2. The molecule has 0 spiro atoms. The quantitative estimate of drug-likeness (QED) is 0.272. The van der Waals surface area contributed by atoms with Gasteiger partial charge in [0.25, 0.3) is 5.91 Å². The third-order valence-corrected chi connectivity index (χ3v) is 7.39. The van der Waals surface area contributed by atoms with Crippen LogP contribution in [0.2, 0.25) is 0 Å². The molecule has 4 nitrogen and oxygen atoms in total. The molecule has 0 radical (unpaired) electrons. The predicted octanol–water partition coefficient (Wildman–Crippen LogP) is 7.89. The number of aryl methyl sites for hydroxylation is 4. The molecule has 180 valence electrons. The van der Waals surface area contributed by atoms with Gasteiger partial charge in [-0.25, -0.2) is 4.99 Å². The number of ether oxygens (including phenoxy) is 1. The van der Waals surface area contributed by atoms with Crippen molar-refractivity contribution in [1.82, 2.24) is 0 Å². The van der Waals surface area contributed by atoms with Crippen LogP contribution in [-0.2, 0) is 4.79 Å². The van der Waals surface area contributed by atoms with Gasteiger partial charge in [0.15, 0.2) is 5.17 Å². The van der Waals surface area contributed by atoms with E-state index in [4.69, 9.17) is 9.73 Å². The lowest BCUT2D eigenvalue weighted by molar-refractivity contribution is -0.113. The fourth-order valence-electron chi connectivity index (χ4n) is 4.40. The van der Waals surface area contributed by atoms with Gasteiger partial charge in [-0.15, -0.1) is 0 Å². The Morgan fingerprint density at radius 1 is 0.833 bits per heavy atom. The number of hydrogen-bond acceptors (Lipinski definition) is 4. The summed E-state index contributed by atoms with van der Waals surface area (Å²) in [6, 6.07) is 24.4. The molecule has 0 N–H and O–H groups in total. The Bertz CT molecular complexity index is 1570. The number of fused-ring (bicyclic) bond motifs is 1. The van der Waals surface area contributed by atoms with Crippen LogP contribution >= 0.6 is 11.8 Å². The molecular weight excluding hydrogens is 464 g/mol. The zero-order chi connectivity index (χ0) is 25.4. The van der Waals surface area contributed by atoms with E-state index in [-0.39, 0.29) is 5.91 Å². The molecule has 36 heavy (non-hydrogen) atoms. The summed E-state index contributed by atoms with van der Waals surface area (Å²) in [7, 11) is 1.67. The molecule has 0 unspecified atom stereocenters. The highest BCUT2D eigenvalue weighted by Gasteiger charge is 2.35. The third kappa shape index (κ3) is 4.42. The van der Waals surface area contributed by atoms with Gasteiger partial charge in [0, 0.05) is 5.39 Å². The molecule has 0 aliphatic carbocycles. The van der Waals surface area contributed by atoms with E-state index in [1.807, 2.05) is 57.2 Å². The molecule has 1 saturated heterocycles. The highest BCUT2D eigenvalue weighted by atomic mass is 32.2. The number of amidine groups is 1. The van der Waals surface area contributed by atoms with Crippen LogP contribution in [-0.4, -0.2) is 18.2 Å². The Morgan fingerprint density at radius 2 is 1.53 bits per heavy atom. The number of aliphatic imine (C=N–C) groups is 1. The van der Waals surface area contributed by atoms with Crippen molar-refractivity contribution in [3.8, 4) is 5.75 Å². The molecule has 1 heterocycles. The van der Waals surface area contributed by atoms with E-state index in [0.717, 1.165) is 55.7 Å². The minimum atomic E-state index is -0.0716. The van der Waals surface area contributed by atoms with Crippen molar-refractivity contribution in [3.63, 3.8) is 0 Å². The molecule has 1 amide bonds. The van der Waals surface area contributed by atoms with Crippen LogP contribution in [0.4, 0.5) is 11.4 Å². The maximum absolute atomic E-state index is 13.9. The molecule has 4 aromatic carbocycles. The van der Waals surface area contributed by atoms with Crippen molar-refractivity contribution in [3.05, 3.63) is 106 Å². The SMILES string of the molecule is COc1ccc(/C=C2/SC(=Nc3cc(C)ccc3C)N(c3cc(C)ccc3C)C2=O)c2ccccc12. The van der Waals surface area contributed by atoms with Crippen LogP contribution < -0.4 is 9.64 Å². The number of thioether (sulfide) groups is 1. The van der Waals surface area contributed by atoms with Crippen LogP contribution in [0.5, 0.6) is 5.75 Å². The largest absolute Gasteiger partial charge is 0.496 e. The monoisotopic (exact) mass is 492 g/mol. The first-order valence-corrected chi connectivity index (χ1v) is 12.7. The van der Waals surface area contributed by atoms with Gasteiger partial charge in [-0.3, -0.25) is 9.69 Å². The first-order valence-electron chi connectivity index (χ1n) is 11.9. The highest BCUT2D eigenvalue weighted by Crippen LogP contribution is 2.40. The van der Waals surface area contributed by atoms with Crippen molar-refractivity contribution in [1.29, 1.82) is 0 Å². The number of methoxy groups -OCH3 is 1. The van der Waals surface area contributed by atoms with Gasteiger partial charge < -0.3 is 4.74 Å². The summed E-state index contributed by atoms with van der Waals surface area (Å²) < 4.78 is 5.56. The number of benzene rings is 4. The Kier molecular flexibility index (Phi) is 6.42. The van der Waals surface area contributed by atoms with Gasteiger partial charge in [-0.2, -0.15) is 0 Å². The lowest BCUT2D eigenvalue weighted by Crippen LogP contribution is -2.29. The standard InChI is InChI=1S/C31H28N2O2S/c1-19-10-12-21(3)26(16-19)32-31-33(27-17-20(2)11-13-22(27)4)30(34)29(36-31)18-23-14-15-28(35-5)25-9-7-6-8-24(23)25/h6-18H,1-5H3/b29-18+,32-31?. The minimum absolute atomic E-state index is 0.0716. The van der Waals surface area contributed by atoms with E-state index < -0.39 is 0 Å². The van der Waals surface area contributed by atoms with Gasteiger partial charge in [0.1, 0.15) is 5.75 Å². The summed E-state index contributed by atoms with van der Waals surface area (Å²) >= 11 is 1.42. The van der Waals surface area contributed by atoms with Crippen LogP contribution in [0.15, 0.2) is 82.7 Å². The number of hydrogen-bond donors (Lipinski definition) is 0. The van der Waals surface area contributed by atoms with E-state index in [1.54, 1.807) is 12.0 Å². The number of carbonyl (C=O) groups is 1. The summed E-state index contributed by atoms with van der Waals surface area (Å²) in [6.45, 7) is 8.17. The second kappa shape index (κ2) is 9.67. The molecule has 0 aromatic heterocycles. The lowest BCUT2D eigenvalue weighted by atomic mass is 10.0. The zero-order valence-electron chi connectivity index (χ0n) is 21.1. The van der Waals surface area contributed by atoms with Gasteiger partial charge in [0.05, 0.1) is 23.4 Å². The summed E-state index contributed by atoms with van der Waals surface area (Å²) in [5, 5.41) is 2.71. The molecule has 0 atom stereocenters. The Hall–Kier alpha value is -3.83. The number of amides is 1. The normalized spacial score (nSPS) is 15.9. The van der Waals surface area contributed by atoms with Crippen molar-refractivity contribution in [2.75, 3.05) is 12.0 Å². The molecule has 4 aromatic rings. The van der Waals surface area contributed by atoms with Crippen molar-refractivity contribution in [2.45, 2.75) is 27.7 Å². The van der Waals surface area contributed by atoms with Crippen molar-refractivity contribution in [2.24, 2.45) is 4.99 Å². The van der Waals surface area contributed by atoms with Crippen molar-refractivity contribution < 1.29 is 9.53 Å². The van der Waals surface area contributed by atoms with Crippen LogP contribution in [0.3, 0.4) is 0 Å². The summed E-state index contributed by atoms with van der Waals surface area (Å²) in [4.78, 5) is 21.3. The maximum Gasteiger partial charge on any atom is 0.271 e. The number of rotatable bonds is 4. The van der Waals surface area contributed by atoms with Gasteiger partial charge >= 0.3 is 0 Å². The smallest absolute Gasteiger partial charge is 0.271 e. The maximum atomic E-state index is 13.9. The fourth-order valence-corrected chi connectivity index (χ4v) is 5.38. The number of carbonyl (C=O) groups excluding carboxylic acids is 1. The lowest BCUT2D eigenvalue weighted by Gasteiger charge is -2.19. The molecular formula is C31H28N2O2S. The molecule has 5 rings (SSSR count). The predicted molar refractivity (Wildman–Crippen MR) is 152 cm³/mol. The van der Waals surface area contributed by atoms with E-state index in [0.29, 0.717) is 10.1 Å². The molecule has 1 fully saturated rings. The fraction of sp³-hybridized carbons (Fsp3) is 0.161. The highest BCUT2D eigenvalue weighted by molar-refractivity contribution is 8.19. The van der Waals surface area contributed by atoms with E-state index in [9.17, 15) is 4.79 Å². The van der Waals surface area contributed by atoms with Gasteiger partial charge in [-0.1, -0.05) is 54.6 Å².